The molecule has 7 heteroatoms. The van der Waals surface area contributed by atoms with Gasteiger partial charge in [-0.2, -0.15) is 0 Å². The molecular formula is C17H21BrN2O4. The Morgan fingerprint density at radius 1 is 1.38 bits per heavy atom. The second-order valence-electron chi connectivity index (χ2n) is 6.39. The number of para-hydroxylation sites is 1. The summed E-state index contributed by atoms with van der Waals surface area (Å²) in [5.41, 5.74) is 0.717. The highest BCUT2D eigenvalue weighted by Crippen LogP contribution is 2.31. The number of amides is 2. The van der Waals surface area contributed by atoms with Crippen molar-refractivity contribution in [1.29, 1.82) is 0 Å². The lowest BCUT2D eigenvalue weighted by atomic mass is 10.0. The molecule has 1 aromatic rings. The van der Waals surface area contributed by atoms with E-state index < -0.39 is 17.9 Å². The summed E-state index contributed by atoms with van der Waals surface area (Å²) < 4.78 is 0.780. The third-order valence-electron chi connectivity index (χ3n) is 3.96. The van der Waals surface area contributed by atoms with Crippen molar-refractivity contribution in [3.63, 3.8) is 0 Å². The second kappa shape index (κ2) is 7.79. The molecule has 1 heterocycles. The molecule has 2 rings (SSSR count). The van der Waals surface area contributed by atoms with E-state index >= 15 is 0 Å². The summed E-state index contributed by atoms with van der Waals surface area (Å²) in [7, 11) is 0. The van der Waals surface area contributed by atoms with Crippen molar-refractivity contribution in [2.75, 3.05) is 11.4 Å². The standard InChI is InChI=1S/C17H21BrN2O4/c1-10(2)7-13(17(23)24)19-16(22)11-8-15(21)20(9-11)14-6-4-3-5-12(14)18/h3-6,10-11,13H,7-9H2,1-2H3,(H,19,22)(H,23,24)/t11?,13-/m0/s1. The van der Waals surface area contributed by atoms with Crippen LogP contribution in [0.5, 0.6) is 0 Å². The number of hydrogen-bond acceptors (Lipinski definition) is 3. The first-order chi connectivity index (χ1) is 11.3. The lowest BCUT2D eigenvalue weighted by Crippen LogP contribution is -2.44. The molecule has 1 aliphatic rings. The summed E-state index contributed by atoms with van der Waals surface area (Å²) in [6.07, 6.45) is 0.441. The van der Waals surface area contributed by atoms with Crippen molar-refractivity contribution in [2.45, 2.75) is 32.7 Å². The molecule has 130 valence electrons. The van der Waals surface area contributed by atoms with Crippen molar-refractivity contribution >= 4 is 39.4 Å². The van der Waals surface area contributed by atoms with Gasteiger partial charge in [-0.1, -0.05) is 26.0 Å². The molecule has 1 aromatic carbocycles. The molecule has 2 amide bonds. The molecule has 1 aliphatic heterocycles. The van der Waals surface area contributed by atoms with Crippen LogP contribution in [0.4, 0.5) is 5.69 Å². The maximum atomic E-state index is 12.4. The van der Waals surface area contributed by atoms with Crippen LogP contribution in [0, 0.1) is 11.8 Å². The zero-order valence-electron chi connectivity index (χ0n) is 13.7. The van der Waals surface area contributed by atoms with E-state index in [0.29, 0.717) is 6.42 Å². The van der Waals surface area contributed by atoms with E-state index in [2.05, 4.69) is 21.2 Å². The van der Waals surface area contributed by atoms with Crippen LogP contribution in [0.15, 0.2) is 28.7 Å². The van der Waals surface area contributed by atoms with Gasteiger partial charge in [-0.3, -0.25) is 9.59 Å². The first-order valence-corrected chi connectivity index (χ1v) is 8.67. The molecule has 0 aliphatic carbocycles. The van der Waals surface area contributed by atoms with Gasteiger partial charge in [0.1, 0.15) is 6.04 Å². The van der Waals surface area contributed by atoms with Gasteiger partial charge in [-0.15, -0.1) is 0 Å². The Hall–Kier alpha value is -1.89. The highest BCUT2D eigenvalue weighted by molar-refractivity contribution is 9.10. The largest absolute Gasteiger partial charge is 0.480 e. The number of carboxylic acids is 1. The Bertz CT molecular complexity index is 647. The van der Waals surface area contributed by atoms with Gasteiger partial charge in [0.05, 0.1) is 11.6 Å². The van der Waals surface area contributed by atoms with Crippen LogP contribution in [0.1, 0.15) is 26.7 Å². The minimum Gasteiger partial charge on any atom is -0.480 e. The van der Waals surface area contributed by atoms with Crippen LogP contribution < -0.4 is 10.2 Å². The van der Waals surface area contributed by atoms with Crippen LogP contribution in [0.3, 0.4) is 0 Å². The Morgan fingerprint density at radius 3 is 2.62 bits per heavy atom. The summed E-state index contributed by atoms with van der Waals surface area (Å²) >= 11 is 3.41. The Kier molecular flexibility index (Phi) is 5.99. The highest BCUT2D eigenvalue weighted by Gasteiger charge is 2.37. The Balaban J connectivity index is 2.06. The zero-order valence-corrected chi connectivity index (χ0v) is 15.2. The SMILES string of the molecule is CC(C)C[C@H](NC(=O)C1CC(=O)N(c2ccccc2Br)C1)C(=O)O. The average molecular weight is 397 g/mol. The number of nitrogens with zero attached hydrogens (tertiary/aromatic N) is 1. The topological polar surface area (TPSA) is 86.7 Å². The molecule has 1 unspecified atom stereocenters. The van der Waals surface area contributed by atoms with E-state index in [4.69, 9.17) is 0 Å². The number of hydrogen-bond donors (Lipinski definition) is 2. The van der Waals surface area contributed by atoms with Crippen LogP contribution >= 0.6 is 15.9 Å². The normalized spacial score (nSPS) is 18.8. The van der Waals surface area contributed by atoms with Crippen molar-refractivity contribution in [3.8, 4) is 0 Å². The van der Waals surface area contributed by atoms with Crippen molar-refractivity contribution < 1.29 is 19.5 Å². The van der Waals surface area contributed by atoms with Gasteiger partial charge in [-0.25, -0.2) is 4.79 Å². The molecule has 2 atom stereocenters. The smallest absolute Gasteiger partial charge is 0.326 e. The van der Waals surface area contributed by atoms with Gasteiger partial charge < -0.3 is 15.3 Å². The predicted octanol–water partition coefficient (Wildman–Crippen LogP) is 2.42. The fraction of sp³-hybridized carbons (Fsp3) is 0.471. The molecule has 0 saturated carbocycles. The van der Waals surface area contributed by atoms with E-state index in [0.717, 1.165) is 10.2 Å². The average Bonchev–Trinajstić information content (AvgIpc) is 2.88. The molecule has 1 saturated heterocycles. The van der Waals surface area contributed by atoms with E-state index in [1.165, 1.54) is 0 Å². The van der Waals surface area contributed by atoms with Gasteiger partial charge in [0, 0.05) is 17.4 Å². The fourth-order valence-electron chi connectivity index (χ4n) is 2.77. The number of rotatable bonds is 6. The van der Waals surface area contributed by atoms with Gasteiger partial charge >= 0.3 is 5.97 Å². The van der Waals surface area contributed by atoms with Gasteiger partial charge in [0.25, 0.3) is 0 Å². The minimum atomic E-state index is -1.05. The van der Waals surface area contributed by atoms with E-state index in [1.54, 1.807) is 11.0 Å². The zero-order chi connectivity index (χ0) is 17.9. The van der Waals surface area contributed by atoms with E-state index in [-0.39, 0.29) is 30.7 Å². The summed E-state index contributed by atoms with van der Waals surface area (Å²) in [5.74, 6) is -1.97. The second-order valence-corrected chi connectivity index (χ2v) is 7.24. The Morgan fingerprint density at radius 2 is 2.04 bits per heavy atom. The van der Waals surface area contributed by atoms with Gasteiger partial charge in [0.15, 0.2) is 0 Å². The summed E-state index contributed by atoms with van der Waals surface area (Å²) in [4.78, 5) is 37.5. The fourth-order valence-corrected chi connectivity index (χ4v) is 3.27. The van der Waals surface area contributed by atoms with Crippen molar-refractivity contribution in [3.05, 3.63) is 28.7 Å². The molecular weight excluding hydrogens is 376 g/mol. The van der Waals surface area contributed by atoms with Crippen molar-refractivity contribution in [1.82, 2.24) is 5.32 Å². The number of anilines is 1. The monoisotopic (exact) mass is 396 g/mol. The van der Waals surface area contributed by atoms with Gasteiger partial charge in [0.2, 0.25) is 11.8 Å². The highest BCUT2D eigenvalue weighted by atomic mass is 79.9. The molecule has 0 radical (unpaired) electrons. The maximum absolute atomic E-state index is 12.4. The molecule has 6 nitrogen and oxygen atoms in total. The Labute approximate surface area is 149 Å². The molecule has 0 bridgehead atoms. The number of aliphatic carboxylic acids is 1. The van der Waals surface area contributed by atoms with E-state index in [1.807, 2.05) is 32.0 Å². The number of carboxylic acid groups (broad SMARTS) is 1. The summed E-state index contributed by atoms with van der Waals surface area (Å²) in [6.45, 7) is 4.05. The molecule has 0 spiro atoms. The third-order valence-corrected chi connectivity index (χ3v) is 4.63. The number of nitrogens with one attached hydrogen (secondary N) is 1. The van der Waals surface area contributed by atoms with Gasteiger partial charge in [-0.05, 0) is 40.4 Å². The molecule has 2 N–H and O–H groups in total. The third kappa shape index (κ3) is 4.35. The maximum Gasteiger partial charge on any atom is 0.326 e. The number of carbonyl (C=O) groups is 3. The first kappa shape index (κ1) is 18.4. The summed E-state index contributed by atoms with van der Waals surface area (Å²) in [6, 6.07) is 6.39. The number of carbonyl (C=O) groups excluding carboxylic acids is 2. The predicted molar refractivity (Wildman–Crippen MR) is 93.6 cm³/mol. The van der Waals surface area contributed by atoms with Crippen LogP contribution in [-0.4, -0.2) is 35.5 Å². The van der Waals surface area contributed by atoms with Crippen LogP contribution in [0.25, 0.3) is 0 Å². The van der Waals surface area contributed by atoms with Crippen LogP contribution in [-0.2, 0) is 14.4 Å². The number of halogens is 1. The molecule has 24 heavy (non-hydrogen) atoms. The summed E-state index contributed by atoms with van der Waals surface area (Å²) in [5, 5.41) is 11.8. The lowest BCUT2D eigenvalue weighted by molar-refractivity contribution is -0.142. The molecule has 0 aromatic heterocycles. The number of benzene rings is 1. The van der Waals surface area contributed by atoms with E-state index in [9.17, 15) is 19.5 Å². The quantitative estimate of drug-likeness (QED) is 0.772. The lowest BCUT2D eigenvalue weighted by Gasteiger charge is -2.20. The minimum absolute atomic E-state index is 0.0845. The molecule has 1 fully saturated rings. The first-order valence-electron chi connectivity index (χ1n) is 7.87. The van der Waals surface area contributed by atoms with Crippen LogP contribution in [0.2, 0.25) is 0 Å². The van der Waals surface area contributed by atoms with Crippen molar-refractivity contribution in [2.24, 2.45) is 11.8 Å².